The third-order valence-electron chi connectivity index (χ3n) is 3.02. The Morgan fingerprint density at radius 3 is 2.32 bits per heavy atom. The normalized spacial score (nSPS) is 10.6. The van der Waals surface area contributed by atoms with Crippen LogP contribution in [0.5, 0.6) is 0 Å². The molecule has 0 aliphatic heterocycles. The third kappa shape index (κ3) is 2.65. The molecule has 0 N–H and O–H groups in total. The highest BCUT2D eigenvalue weighted by Gasteiger charge is 2.19. The highest BCUT2D eigenvalue weighted by molar-refractivity contribution is 6.35. The van der Waals surface area contributed by atoms with E-state index in [1.807, 2.05) is 13.8 Å². The Morgan fingerprint density at radius 2 is 1.63 bits per heavy atom. The van der Waals surface area contributed by atoms with Crippen LogP contribution in [0, 0.1) is 19.7 Å². The van der Waals surface area contributed by atoms with Gasteiger partial charge in [-0.1, -0.05) is 29.3 Å². The van der Waals surface area contributed by atoms with E-state index >= 15 is 0 Å². The molecule has 0 aliphatic rings. The highest BCUT2D eigenvalue weighted by Crippen LogP contribution is 2.26. The third-order valence-corrected chi connectivity index (χ3v) is 3.63. The van der Waals surface area contributed by atoms with Gasteiger partial charge in [-0.15, -0.1) is 0 Å². The van der Waals surface area contributed by atoms with E-state index in [9.17, 15) is 9.18 Å². The minimum atomic E-state index is -0.719. The number of hydrogen-bond acceptors (Lipinski definition) is 1. The zero-order valence-electron chi connectivity index (χ0n) is 10.4. The molecule has 4 heteroatoms. The summed E-state index contributed by atoms with van der Waals surface area (Å²) in [5, 5.41) is 0.235. The lowest BCUT2D eigenvalue weighted by atomic mass is 9.99. The van der Waals surface area contributed by atoms with Crippen LogP contribution in [0.1, 0.15) is 27.0 Å². The quantitative estimate of drug-likeness (QED) is 0.714. The van der Waals surface area contributed by atoms with Gasteiger partial charge >= 0.3 is 0 Å². The molecule has 0 heterocycles. The molecule has 98 valence electrons. The number of hydrogen-bond donors (Lipinski definition) is 0. The lowest BCUT2D eigenvalue weighted by Crippen LogP contribution is -2.06. The predicted molar refractivity (Wildman–Crippen MR) is 75.8 cm³/mol. The molecule has 0 bridgehead atoms. The summed E-state index contributed by atoms with van der Waals surface area (Å²) in [5.74, 6) is -1.18. The van der Waals surface area contributed by atoms with E-state index < -0.39 is 11.6 Å². The van der Waals surface area contributed by atoms with Gasteiger partial charge in [-0.3, -0.25) is 4.79 Å². The summed E-state index contributed by atoms with van der Waals surface area (Å²) < 4.78 is 13.9. The first kappa shape index (κ1) is 14.0. The molecule has 0 unspecified atom stereocenters. The van der Waals surface area contributed by atoms with Crippen molar-refractivity contribution in [1.29, 1.82) is 0 Å². The van der Waals surface area contributed by atoms with Crippen molar-refractivity contribution in [3.63, 3.8) is 0 Å². The Labute approximate surface area is 121 Å². The molecule has 19 heavy (non-hydrogen) atoms. The van der Waals surface area contributed by atoms with Gasteiger partial charge in [0.15, 0.2) is 11.6 Å². The molecule has 0 amide bonds. The van der Waals surface area contributed by atoms with Crippen LogP contribution < -0.4 is 0 Å². The summed E-state index contributed by atoms with van der Waals surface area (Å²) in [6, 6.07) is 7.70. The number of rotatable bonds is 2. The molecule has 2 aromatic rings. The average molecular weight is 297 g/mol. The first-order valence-electron chi connectivity index (χ1n) is 5.67. The second kappa shape index (κ2) is 5.32. The zero-order valence-corrected chi connectivity index (χ0v) is 11.9. The van der Waals surface area contributed by atoms with Crippen LogP contribution >= 0.6 is 23.2 Å². The Bertz CT molecular complexity index is 665. The minimum Gasteiger partial charge on any atom is -0.288 e. The van der Waals surface area contributed by atoms with E-state index in [1.165, 1.54) is 18.2 Å². The fourth-order valence-corrected chi connectivity index (χ4v) is 2.26. The maximum Gasteiger partial charge on any atom is 0.197 e. The SMILES string of the molecule is Cc1cc(Cl)c(C(=O)c2cccc(Cl)c2F)cc1C. The second-order valence-electron chi connectivity index (χ2n) is 4.35. The summed E-state index contributed by atoms with van der Waals surface area (Å²) in [6.07, 6.45) is 0. The molecular weight excluding hydrogens is 286 g/mol. The Morgan fingerprint density at radius 1 is 1.00 bits per heavy atom. The van der Waals surface area contributed by atoms with Crippen molar-refractivity contribution in [2.24, 2.45) is 0 Å². The van der Waals surface area contributed by atoms with E-state index in [0.717, 1.165) is 11.1 Å². The van der Waals surface area contributed by atoms with Crippen molar-refractivity contribution in [1.82, 2.24) is 0 Å². The number of benzene rings is 2. The average Bonchev–Trinajstić information content (AvgIpc) is 2.36. The van der Waals surface area contributed by atoms with Gasteiger partial charge in [-0.05, 0) is 49.2 Å². The molecule has 1 nitrogen and oxygen atoms in total. The van der Waals surface area contributed by atoms with Gasteiger partial charge in [0, 0.05) is 5.56 Å². The van der Waals surface area contributed by atoms with Gasteiger partial charge in [0.05, 0.1) is 15.6 Å². The molecule has 2 aromatic carbocycles. The summed E-state index contributed by atoms with van der Waals surface area (Å²) in [4.78, 5) is 12.3. The second-order valence-corrected chi connectivity index (χ2v) is 5.16. The topological polar surface area (TPSA) is 17.1 Å². The smallest absolute Gasteiger partial charge is 0.197 e. The van der Waals surface area contributed by atoms with Gasteiger partial charge in [-0.25, -0.2) is 4.39 Å². The summed E-state index contributed by atoms with van der Waals surface area (Å²) >= 11 is 11.7. The molecule has 0 saturated heterocycles. The summed E-state index contributed by atoms with van der Waals surface area (Å²) in [5.41, 5.74) is 2.12. The number of carbonyl (C=O) groups is 1. The first-order chi connectivity index (χ1) is 8.91. The van der Waals surface area contributed by atoms with Crippen LogP contribution in [-0.2, 0) is 0 Å². The summed E-state index contributed by atoms with van der Waals surface area (Å²) in [6.45, 7) is 3.77. The van der Waals surface area contributed by atoms with Gasteiger partial charge in [0.2, 0.25) is 0 Å². The van der Waals surface area contributed by atoms with E-state index in [2.05, 4.69) is 0 Å². The fourth-order valence-electron chi connectivity index (χ4n) is 1.78. The van der Waals surface area contributed by atoms with Crippen LogP contribution in [0.15, 0.2) is 30.3 Å². The predicted octanol–water partition coefficient (Wildman–Crippen LogP) is 4.98. The first-order valence-corrected chi connectivity index (χ1v) is 6.43. The van der Waals surface area contributed by atoms with E-state index in [1.54, 1.807) is 12.1 Å². The van der Waals surface area contributed by atoms with Gasteiger partial charge < -0.3 is 0 Å². The monoisotopic (exact) mass is 296 g/mol. The Balaban J connectivity index is 2.56. The van der Waals surface area contributed by atoms with Gasteiger partial charge in [0.1, 0.15) is 0 Å². The lowest BCUT2D eigenvalue weighted by molar-refractivity contribution is 0.103. The van der Waals surface area contributed by atoms with Crippen LogP contribution in [0.25, 0.3) is 0 Å². The lowest BCUT2D eigenvalue weighted by Gasteiger charge is -2.09. The van der Waals surface area contributed by atoms with Gasteiger partial charge in [-0.2, -0.15) is 0 Å². The zero-order chi connectivity index (χ0) is 14.2. The van der Waals surface area contributed by atoms with E-state index in [0.29, 0.717) is 5.02 Å². The number of aryl methyl sites for hydroxylation is 2. The van der Waals surface area contributed by atoms with Crippen molar-refractivity contribution in [3.05, 3.63) is 68.4 Å². The molecule has 0 radical (unpaired) electrons. The van der Waals surface area contributed by atoms with Crippen molar-refractivity contribution in [3.8, 4) is 0 Å². The maximum absolute atomic E-state index is 13.9. The Hall–Kier alpha value is -1.38. The number of carbonyl (C=O) groups excluding carboxylic acids is 1. The van der Waals surface area contributed by atoms with Gasteiger partial charge in [0.25, 0.3) is 0 Å². The summed E-state index contributed by atoms with van der Waals surface area (Å²) in [7, 11) is 0. The molecule has 0 fully saturated rings. The van der Waals surface area contributed by atoms with Crippen molar-refractivity contribution >= 4 is 29.0 Å². The molecule has 0 saturated carbocycles. The molecule has 0 aromatic heterocycles. The van der Waals surface area contributed by atoms with E-state index in [-0.39, 0.29) is 16.1 Å². The van der Waals surface area contributed by atoms with Crippen molar-refractivity contribution in [2.75, 3.05) is 0 Å². The number of ketones is 1. The highest BCUT2D eigenvalue weighted by atomic mass is 35.5. The molecule has 2 rings (SSSR count). The molecule has 0 aliphatic carbocycles. The van der Waals surface area contributed by atoms with E-state index in [4.69, 9.17) is 23.2 Å². The fraction of sp³-hybridized carbons (Fsp3) is 0.133. The molecule has 0 atom stereocenters. The maximum atomic E-state index is 13.9. The van der Waals surface area contributed by atoms with Crippen molar-refractivity contribution < 1.29 is 9.18 Å². The standard InChI is InChI=1S/C15H11Cl2FO/c1-8-6-11(13(17)7-9(8)2)15(19)10-4-3-5-12(16)14(10)18/h3-7H,1-2H3. The Kier molecular flexibility index (Phi) is 3.93. The van der Waals surface area contributed by atoms with Crippen LogP contribution in [-0.4, -0.2) is 5.78 Å². The minimum absolute atomic E-state index is 0.0716. The van der Waals surface area contributed by atoms with Crippen LogP contribution in [0.4, 0.5) is 4.39 Å². The molecular formula is C15H11Cl2FO. The largest absolute Gasteiger partial charge is 0.288 e. The van der Waals surface area contributed by atoms with Crippen LogP contribution in [0.3, 0.4) is 0 Å². The van der Waals surface area contributed by atoms with Crippen molar-refractivity contribution in [2.45, 2.75) is 13.8 Å². The molecule has 0 spiro atoms. The number of halogens is 3. The van der Waals surface area contributed by atoms with Crippen LogP contribution in [0.2, 0.25) is 10.0 Å².